The fourth-order valence-electron chi connectivity index (χ4n) is 1.40. The molecule has 0 unspecified atom stereocenters. The van der Waals surface area contributed by atoms with Crippen molar-refractivity contribution in [1.29, 1.82) is 0 Å². The highest BCUT2D eigenvalue weighted by Crippen LogP contribution is 2.26. The van der Waals surface area contributed by atoms with E-state index in [4.69, 9.17) is 40.5 Å². The lowest BCUT2D eigenvalue weighted by molar-refractivity contribution is 0.102. The molecule has 0 fully saturated rings. The third-order valence-corrected chi connectivity index (χ3v) is 3.34. The van der Waals surface area contributed by atoms with Crippen LogP contribution in [0.25, 0.3) is 0 Å². The summed E-state index contributed by atoms with van der Waals surface area (Å²) < 4.78 is 0. The third-order valence-electron chi connectivity index (χ3n) is 2.30. The van der Waals surface area contributed by atoms with Crippen LogP contribution in [0.2, 0.25) is 15.1 Å². The second-order valence-electron chi connectivity index (χ2n) is 3.67. The summed E-state index contributed by atoms with van der Waals surface area (Å²) in [6, 6.07) is 6.15. The van der Waals surface area contributed by atoms with Crippen molar-refractivity contribution >= 4 is 52.2 Å². The van der Waals surface area contributed by atoms with E-state index < -0.39 is 5.91 Å². The molecule has 1 aromatic carbocycles. The Hall–Kier alpha value is -1.49. The van der Waals surface area contributed by atoms with Crippen LogP contribution < -0.4 is 11.1 Å². The molecule has 1 amide bonds. The summed E-state index contributed by atoms with van der Waals surface area (Å²) in [7, 11) is 0. The Bertz CT molecular complexity index is 646. The average Bonchev–Trinajstić information content (AvgIpc) is 2.36. The summed E-state index contributed by atoms with van der Waals surface area (Å²) in [6.07, 6.45) is 1.32. The van der Waals surface area contributed by atoms with Gasteiger partial charge in [0, 0.05) is 11.9 Å². The Balaban J connectivity index is 2.25. The maximum Gasteiger partial charge on any atom is 0.257 e. The van der Waals surface area contributed by atoms with Gasteiger partial charge in [0.15, 0.2) is 0 Å². The number of halogens is 3. The van der Waals surface area contributed by atoms with Crippen molar-refractivity contribution in [3.63, 3.8) is 0 Å². The summed E-state index contributed by atoms with van der Waals surface area (Å²) in [4.78, 5) is 15.8. The number of benzene rings is 1. The molecule has 0 radical (unpaired) electrons. The first-order valence-corrected chi connectivity index (χ1v) is 6.28. The maximum atomic E-state index is 12.0. The quantitative estimate of drug-likeness (QED) is 0.883. The SMILES string of the molecule is Nc1cc(C(=O)Nc2ccc(Cl)c(Cl)c2)c(Cl)cn1. The van der Waals surface area contributed by atoms with E-state index in [1.54, 1.807) is 18.2 Å². The molecule has 0 bridgehead atoms. The Kier molecular flexibility index (Phi) is 4.14. The number of nitrogen functional groups attached to an aromatic ring is 1. The molecule has 2 aromatic rings. The van der Waals surface area contributed by atoms with E-state index in [1.807, 2.05) is 0 Å². The van der Waals surface area contributed by atoms with Gasteiger partial charge < -0.3 is 11.1 Å². The largest absolute Gasteiger partial charge is 0.384 e. The number of pyridine rings is 1. The number of carbonyl (C=O) groups excluding carboxylic acids is 1. The van der Waals surface area contributed by atoms with E-state index >= 15 is 0 Å². The van der Waals surface area contributed by atoms with Crippen LogP contribution in [0, 0.1) is 0 Å². The molecule has 1 heterocycles. The lowest BCUT2D eigenvalue weighted by Crippen LogP contribution is -2.13. The van der Waals surface area contributed by atoms with Crippen LogP contribution in [0.15, 0.2) is 30.5 Å². The molecular weight excluding hydrogens is 309 g/mol. The van der Waals surface area contributed by atoms with Gasteiger partial charge in [-0.25, -0.2) is 4.98 Å². The van der Waals surface area contributed by atoms with Crippen LogP contribution in [-0.2, 0) is 0 Å². The Morgan fingerprint density at radius 3 is 2.53 bits per heavy atom. The van der Waals surface area contributed by atoms with Crippen LogP contribution in [0.1, 0.15) is 10.4 Å². The second-order valence-corrected chi connectivity index (χ2v) is 4.89. The molecule has 1 aromatic heterocycles. The monoisotopic (exact) mass is 315 g/mol. The van der Waals surface area contributed by atoms with Gasteiger partial charge in [-0.3, -0.25) is 4.79 Å². The lowest BCUT2D eigenvalue weighted by Gasteiger charge is -2.08. The van der Waals surface area contributed by atoms with E-state index in [9.17, 15) is 4.79 Å². The number of nitrogens with one attached hydrogen (secondary N) is 1. The number of anilines is 2. The number of aromatic nitrogens is 1. The summed E-state index contributed by atoms with van der Waals surface area (Å²) >= 11 is 17.5. The van der Waals surface area contributed by atoms with Gasteiger partial charge in [-0.05, 0) is 24.3 Å². The van der Waals surface area contributed by atoms with Gasteiger partial charge in [0.25, 0.3) is 5.91 Å². The molecule has 0 aliphatic carbocycles. The first-order chi connectivity index (χ1) is 8.97. The van der Waals surface area contributed by atoms with Crippen LogP contribution >= 0.6 is 34.8 Å². The third kappa shape index (κ3) is 3.29. The predicted octanol–water partition coefficient (Wildman–Crippen LogP) is 3.88. The molecule has 7 heteroatoms. The minimum Gasteiger partial charge on any atom is -0.384 e. The predicted molar refractivity (Wildman–Crippen MR) is 78.1 cm³/mol. The van der Waals surface area contributed by atoms with Crippen molar-refractivity contribution in [3.8, 4) is 0 Å². The summed E-state index contributed by atoms with van der Waals surface area (Å²) in [6.45, 7) is 0. The molecular formula is C12H8Cl3N3O. The number of nitrogens with two attached hydrogens (primary N) is 1. The first-order valence-electron chi connectivity index (χ1n) is 5.15. The number of carbonyl (C=O) groups is 1. The Morgan fingerprint density at radius 2 is 1.84 bits per heavy atom. The normalized spacial score (nSPS) is 10.3. The number of hydrogen-bond acceptors (Lipinski definition) is 3. The zero-order valence-electron chi connectivity index (χ0n) is 9.45. The van der Waals surface area contributed by atoms with Crippen molar-refractivity contribution in [2.45, 2.75) is 0 Å². The molecule has 0 saturated carbocycles. The van der Waals surface area contributed by atoms with Gasteiger partial charge in [-0.1, -0.05) is 34.8 Å². The molecule has 2 rings (SSSR count). The topological polar surface area (TPSA) is 68.0 Å². The highest BCUT2D eigenvalue weighted by atomic mass is 35.5. The summed E-state index contributed by atoms with van der Waals surface area (Å²) in [5.74, 6) is -0.193. The van der Waals surface area contributed by atoms with Crippen LogP contribution in [0.4, 0.5) is 11.5 Å². The molecule has 0 aliphatic heterocycles. The van der Waals surface area contributed by atoms with Gasteiger partial charge in [-0.2, -0.15) is 0 Å². The van der Waals surface area contributed by atoms with Gasteiger partial charge >= 0.3 is 0 Å². The van der Waals surface area contributed by atoms with E-state index in [1.165, 1.54) is 12.3 Å². The highest BCUT2D eigenvalue weighted by Gasteiger charge is 2.12. The molecule has 4 nitrogen and oxygen atoms in total. The molecule has 19 heavy (non-hydrogen) atoms. The summed E-state index contributed by atoms with van der Waals surface area (Å²) in [5.41, 5.74) is 6.26. The van der Waals surface area contributed by atoms with E-state index in [0.29, 0.717) is 15.7 Å². The molecule has 0 aliphatic rings. The number of rotatable bonds is 2. The van der Waals surface area contributed by atoms with Crippen molar-refractivity contribution in [1.82, 2.24) is 4.98 Å². The van der Waals surface area contributed by atoms with E-state index in [0.717, 1.165) is 0 Å². The van der Waals surface area contributed by atoms with Crippen molar-refractivity contribution in [2.24, 2.45) is 0 Å². The van der Waals surface area contributed by atoms with Crippen molar-refractivity contribution < 1.29 is 4.79 Å². The van der Waals surface area contributed by atoms with E-state index in [2.05, 4.69) is 10.3 Å². The van der Waals surface area contributed by atoms with Gasteiger partial charge in [-0.15, -0.1) is 0 Å². The standard InChI is InChI=1S/C12H8Cl3N3O/c13-8-2-1-6(3-9(8)14)18-12(19)7-4-11(16)17-5-10(7)15/h1-5H,(H2,16,17)(H,18,19). The highest BCUT2D eigenvalue weighted by molar-refractivity contribution is 6.42. The molecule has 0 saturated heterocycles. The van der Waals surface area contributed by atoms with E-state index in [-0.39, 0.29) is 16.4 Å². The van der Waals surface area contributed by atoms with Crippen LogP contribution in [0.5, 0.6) is 0 Å². The Morgan fingerprint density at radius 1 is 1.11 bits per heavy atom. The first kappa shape index (κ1) is 13.9. The fraction of sp³-hybridized carbons (Fsp3) is 0. The van der Waals surface area contributed by atoms with Crippen molar-refractivity contribution in [2.75, 3.05) is 11.1 Å². The van der Waals surface area contributed by atoms with Gasteiger partial charge in [0.2, 0.25) is 0 Å². The smallest absolute Gasteiger partial charge is 0.257 e. The van der Waals surface area contributed by atoms with Gasteiger partial charge in [0.1, 0.15) is 5.82 Å². The summed E-state index contributed by atoms with van der Waals surface area (Å²) in [5, 5.41) is 3.61. The van der Waals surface area contributed by atoms with Crippen LogP contribution in [-0.4, -0.2) is 10.9 Å². The van der Waals surface area contributed by atoms with Gasteiger partial charge in [0.05, 0.1) is 20.6 Å². The fourth-order valence-corrected chi connectivity index (χ4v) is 1.89. The maximum absolute atomic E-state index is 12.0. The van der Waals surface area contributed by atoms with Crippen molar-refractivity contribution in [3.05, 3.63) is 51.1 Å². The molecule has 3 N–H and O–H groups in total. The zero-order chi connectivity index (χ0) is 14.0. The molecule has 0 atom stereocenters. The molecule has 0 spiro atoms. The minimum absolute atomic E-state index is 0.212. The number of hydrogen-bond donors (Lipinski definition) is 2. The number of amides is 1. The number of nitrogens with zero attached hydrogens (tertiary/aromatic N) is 1. The Labute approximate surface area is 124 Å². The minimum atomic E-state index is -0.405. The van der Waals surface area contributed by atoms with Crippen LogP contribution in [0.3, 0.4) is 0 Å². The average molecular weight is 317 g/mol. The lowest BCUT2D eigenvalue weighted by atomic mass is 10.2. The second kappa shape index (κ2) is 5.65. The molecule has 98 valence electrons. The zero-order valence-corrected chi connectivity index (χ0v) is 11.7.